The number of ether oxygens (including phenoxy) is 1. The molecule has 2 amide bonds. The maximum atomic E-state index is 14.5. The van der Waals surface area contributed by atoms with Gasteiger partial charge in [0.1, 0.15) is 35.4 Å². The molecule has 1 atom stereocenters. The number of rotatable bonds is 9. The van der Waals surface area contributed by atoms with E-state index in [0.717, 1.165) is 42.6 Å². The lowest BCUT2D eigenvalue weighted by Gasteiger charge is -2.39. The summed E-state index contributed by atoms with van der Waals surface area (Å²) in [6.45, 7) is 3.78. The Hall–Kier alpha value is -5.49. The number of aromatic nitrogens is 3. The van der Waals surface area contributed by atoms with Gasteiger partial charge in [0.05, 0.1) is 11.9 Å². The van der Waals surface area contributed by atoms with Crippen LogP contribution in [0.4, 0.5) is 20.2 Å². The highest BCUT2D eigenvalue weighted by molar-refractivity contribution is 6.24. The number of amides is 2. The molecule has 12 heteroatoms. The maximum absolute atomic E-state index is 14.5. The number of nitrogens with one attached hydrogen (secondary N) is 1. The van der Waals surface area contributed by atoms with Crippen LogP contribution in [0, 0.1) is 23.6 Å². The van der Waals surface area contributed by atoms with Gasteiger partial charge in [0.15, 0.2) is 5.78 Å². The van der Waals surface area contributed by atoms with Crippen LogP contribution in [0.25, 0.3) is 16.8 Å². The number of halogens is 2. The molecule has 1 N–H and O–H groups in total. The normalized spacial score (nSPS) is 20.7. The van der Waals surface area contributed by atoms with E-state index >= 15 is 0 Å². The predicted molar refractivity (Wildman–Crippen MR) is 191 cm³/mol. The van der Waals surface area contributed by atoms with Crippen molar-refractivity contribution in [2.75, 3.05) is 31.1 Å². The van der Waals surface area contributed by atoms with Gasteiger partial charge in [-0.3, -0.25) is 24.2 Å². The number of hydrogen-bond acceptors (Lipinski definition) is 7. The van der Waals surface area contributed by atoms with Crippen molar-refractivity contribution in [1.82, 2.24) is 24.6 Å². The van der Waals surface area contributed by atoms with Crippen molar-refractivity contribution in [3.8, 4) is 16.9 Å². The average molecular weight is 705 g/mol. The molecule has 2 aliphatic heterocycles. The van der Waals surface area contributed by atoms with Crippen molar-refractivity contribution in [3.63, 3.8) is 0 Å². The van der Waals surface area contributed by atoms with Gasteiger partial charge in [0, 0.05) is 42.3 Å². The molecule has 3 aliphatic rings. The van der Waals surface area contributed by atoms with Gasteiger partial charge in [-0.25, -0.2) is 14.4 Å². The van der Waals surface area contributed by atoms with Gasteiger partial charge in [0.2, 0.25) is 11.9 Å². The van der Waals surface area contributed by atoms with E-state index in [4.69, 9.17) is 4.74 Å². The van der Waals surface area contributed by atoms with Gasteiger partial charge in [-0.1, -0.05) is 24.3 Å². The minimum absolute atomic E-state index is 0.122. The Kier molecular flexibility index (Phi) is 9.23. The second-order valence-electron chi connectivity index (χ2n) is 13.8. The molecule has 3 aromatic heterocycles. The molecule has 0 spiro atoms. The molecule has 1 unspecified atom stereocenters. The summed E-state index contributed by atoms with van der Waals surface area (Å²) in [4.78, 5) is 53.3. The minimum atomic E-state index is -1.01. The fourth-order valence-electron chi connectivity index (χ4n) is 7.81. The quantitative estimate of drug-likeness (QED) is 0.136. The molecule has 1 saturated heterocycles. The van der Waals surface area contributed by atoms with Crippen molar-refractivity contribution >= 4 is 34.6 Å². The lowest BCUT2D eigenvalue weighted by atomic mass is 9.73. The van der Waals surface area contributed by atoms with E-state index in [-0.39, 0.29) is 40.7 Å². The summed E-state index contributed by atoms with van der Waals surface area (Å²) < 4.78 is 35.6. The first-order valence-corrected chi connectivity index (χ1v) is 17.9. The molecule has 10 nitrogen and oxygen atoms in total. The summed E-state index contributed by atoms with van der Waals surface area (Å²) >= 11 is 0. The molecular weight excluding hydrogens is 666 g/mol. The van der Waals surface area contributed by atoms with Crippen LogP contribution in [0.5, 0.6) is 5.75 Å². The molecule has 5 aromatic rings. The van der Waals surface area contributed by atoms with Gasteiger partial charge in [0.25, 0.3) is 5.91 Å². The third kappa shape index (κ3) is 6.78. The molecule has 2 aromatic carbocycles. The van der Waals surface area contributed by atoms with Gasteiger partial charge in [-0.05, 0) is 105 Å². The fourth-order valence-corrected chi connectivity index (χ4v) is 7.81. The Labute approximate surface area is 299 Å². The summed E-state index contributed by atoms with van der Waals surface area (Å²) in [5, 5.41) is 3.00. The van der Waals surface area contributed by atoms with E-state index in [1.165, 1.54) is 52.9 Å². The van der Waals surface area contributed by atoms with Crippen LogP contribution in [0.3, 0.4) is 0 Å². The fraction of sp³-hybridized carbons (Fsp3) is 0.325. The number of Topliss-reactive ketones (excluding diaryl/α,β-unsaturated/α-hetero) is 1. The first-order valence-electron chi connectivity index (χ1n) is 17.9. The van der Waals surface area contributed by atoms with E-state index in [2.05, 4.69) is 20.2 Å². The van der Waals surface area contributed by atoms with Crippen LogP contribution >= 0.6 is 0 Å². The third-order valence-corrected chi connectivity index (χ3v) is 10.5. The summed E-state index contributed by atoms with van der Waals surface area (Å²) in [7, 11) is 0. The number of likely N-dealkylation sites (tertiary alicyclic amines) is 1. The van der Waals surface area contributed by atoms with Crippen molar-refractivity contribution < 1.29 is 27.9 Å². The van der Waals surface area contributed by atoms with E-state index in [9.17, 15) is 23.2 Å². The molecule has 1 aliphatic carbocycles. The number of fused-ring (bicyclic) bond motifs is 2. The molecule has 1 saturated carbocycles. The van der Waals surface area contributed by atoms with Crippen LogP contribution in [-0.4, -0.2) is 69.1 Å². The first kappa shape index (κ1) is 33.6. The summed E-state index contributed by atoms with van der Waals surface area (Å²) in [6.07, 6.45) is 8.57. The van der Waals surface area contributed by atoms with E-state index < -0.39 is 23.5 Å². The zero-order chi connectivity index (χ0) is 35.8. The number of carbonyl (C=O) groups is 3. The van der Waals surface area contributed by atoms with E-state index in [1.807, 2.05) is 42.5 Å². The molecule has 8 rings (SSSR count). The Morgan fingerprint density at radius 3 is 2.48 bits per heavy atom. The average Bonchev–Trinajstić information content (AvgIpc) is 3.83. The molecule has 5 heterocycles. The third-order valence-electron chi connectivity index (χ3n) is 10.5. The second kappa shape index (κ2) is 14.3. The summed E-state index contributed by atoms with van der Waals surface area (Å²) in [5.74, 6) is -2.94. The topological polar surface area (TPSA) is 109 Å². The lowest BCUT2D eigenvalue weighted by Crippen LogP contribution is -2.47. The van der Waals surface area contributed by atoms with Crippen LogP contribution in [0.2, 0.25) is 0 Å². The summed E-state index contributed by atoms with van der Waals surface area (Å²) in [5.41, 5.74) is 3.35. The number of imidazole rings is 1. The molecule has 266 valence electrons. The highest BCUT2D eigenvalue weighted by atomic mass is 19.1. The number of pyridine rings is 2. The smallest absolute Gasteiger partial charge is 0.271 e. The van der Waals surface area contributed by atoms with Gasteiger partial charge in [-0.15, -0.1) is 0 Å². The van der Waals surface area contributed by atoms with E-state index in [1.54, 1.807) is 6.07 Å². The molecule has 0 radical (unpaired) electrons. The highest BCUT2D eigenvalue weighted by Crippen LogP contribution is 2.43. The number of hydrogen-bond donors (Lipinski definition) is 1. The number of ketones is 1. The Morgan fingerprint density at radius 1 is 0.904 bits per heavy atom. The minimum Gasteiger partial charge on any atom is -0.492 e. The number of carbonyl (C=O) groups excluding carboxylic acids is 3. The van der Waals surface area contributed by atoms with E-state index in [0.29, 0.717) is 43.6 Å². The molecule has 0 bridgehead atoms. The summed E-state index contributed by atoms with van der Waals surface area (Å²) in [6, 6.07) is 19.0. The number of benzene rings is 2. The van der Waals surface area contributed by atoms with Gasteiger partial charge < -0.3 is 14.5 Å². The van der Waals surface area contributed by atoms with Crippen molar-refractivity contribution in [2.24, 2.45) is 11.8 Å². The molecule has 2 fully saturated rings. The number of nitrogens with zero attached hydrogens (tertiary/aromatic N) is 5. The van der Waals surface area contributed by atoms with Crippen LogP contribution in [0.1, 0.15) is 59.4 Å². The monoisotopic (exact) mass is 704 g/mol. The standard InChI is InChI=1S/C40H38F2N6O4/c41-28-10-15-36-45-33(24-47(36)23-28)39(50)44-29-11-6-26(7-12-29)37-38(49)32-21-35(42)43-22-34(32)48(40(37)51)30-5-3-4-27(20-30)25-8-13-31(14-9-25)52-19-18-46-16-1-2-17-46/h3-5,8-10,13-15,20-24,26,29,37H,1-2,6-7,11-12,16-19H2,(H,44,50). The zero-order valence-electron chi connectivity index (χ0n) is 28.5. The van der Waals surface area contributed by atoms with Crippen molar-refractivity contribution in [1.29, 1.82) is 0 Å². The Bertz CT molecular complexity index is 2140. The van der Waals surface area contributed by atoms with Gasteiger partial charge >= 0.3 is 0 Å². The van der Waals surface area contributed by atoms with Crippen molar-refractivity contribution in [2.45, 2.75) is 44.6 Å². The zero-order valence-corrected chi connectivity index (χ0v) is 28.5. The SMILES string of the molecule is O=C(NC1CCC(C2C(=O)c3cc(F)ncc3N(c3cccc(-c4ccc(OCCN5CCCC5)cc4)c3)C2=O)CC1)c1cn2cc(F)ccc2n1. The van der Waals surface area contributed by atoms with Crippen LogP contribution in [-0.2, 0) is 4.79 Å². The highest BCUT2D eigenvalue weighted by Gasteiger charge is 2.46. The van der Waals surface area contributed by atoms with Crippen molar-refractivity contribution in [3.05, 3.63) is 108 Å². The largest absolute Gasteiger partial charge is 0.492 e. The first-order chi connectivity index (χ1) is 25.3. The lowest BCUT2D eigenvalue weighted by molar-refractivity contribution is -0.122. The molecular formula is C40H38F2N6O4. The Balaban J connectivity index is 0.975. The molecule has 52 heavy (non-hydrogen) atoms. The van der Waals surface area contributed by atoms with Gasteiger partial charge in [-0.2, -0.15) is 4.39 Å². The Morgan fingerprint density at radius 2 is 1.69 bits per heavy atom. The second-order valence-corrected chi connectivity index (χ2v) is 13.8. The van der Waals surface area contributed by atoms with Crippen LogP contribution < -0.4 is 15.0 Å². The maximum Gasteiger partial charge on any atom is 0.271 e. The predicted octanol–water partition coefficient (Wildman–Crippen LogP) is 6.62. The van der Waals surface area contributed by atoms with Crippen LogP contribution in [0.15, 0.2) is 85.3 Å². The number of anilines is 2.